The summed E-state index contributed by atoms with van der Waals surface area (Å²) >= 11 is 0. The van der Waals surface area contributed by atoms with Gasteiger partial charge in [-0.05, 0) is 25.0 Å². The van der Waals surface area contributed by atoms with Gasteiger partial charge in [-0.2, -0.15) is 0 Å². The van der Waals surface area contributed by atoms with Crippen LogP contribution in [0.15, 0.2) is 24.3 Å². The fraction of sp³-hybridized carbons (Fsp3) is 0.529. The lowest BCUT2D eigenvalue weighted by molar-refractivity contribution is -0.141. The van der Waals surface area contributed by atoms with Gasteiger partial charge in [0.15, 0.2) is 0 Å². The number of amides is 1. The molecule has 22 heavy (non-hydrogen) atoms. The van der Waals surface area contributed by atoms with Crippen molar-refractivity contribution in [3.8, 4) is 0 Å². The number of carboxylic acid groups (broad SMARTS) is 1. The van der Waals surface area contributed by atoms with Gasteiger partial charge in [0.25, 0.3) is 0 Å². The first kappa shape index (κ1) is 16.5. The maximum atomic E-state index is 12.2. The molecule has 1 saturated heterocycles. The minimum absolute atomic E-state index is 0.0317. The van der Waals surface area contributed by atoms with Gasteiger partial charge in [0, 0.05) is 25.6 Å². The van der Waals surface area contributed by atoms with E-state index in [-0.39, 0.29) is 18.4 Å². The van der Waals surface area contributed by atoms with Gasteiger partial charge < -0.3 is 14.7 Å². The number of ether oxygens (including phenoxy) is 1. The summed E-state index contributed by atoms with van der Waals surface area (Å²) in [6, 6.07) is 7.80. The molecule has 0 saturated carbocycles. The molecule has 1 heterocycles. The van der Waals surface area contributed by atoms with Crippen LogP contribution in [-0.2, 0) is 14.3 Å². The molecule has 2 atom stereocenters. The van der Waals surface area contributed by atoms with Crippen LogP contribution in [0.5, 0.6) is 0 Å². The number of carboxylic acids is 1. The summed E-state index contributed by atoms with van der Waals surface area (Å²) in [5.74, 6) is -1.56. The number of benzene rings is 1. The Bertz CT molecular complexity index is 543. The van der Waals surface area contributed by atoms with Crippen LogP contribution in [-0.4, -0.2) is 48.2 Å². The lowest BCUT2D eigenvalue weighted by Gasteiger charge is -2.18. The third-order valence-electron chi connectivity index (χ3n) is 4.24. The molecule has 2 rings (SSSR count). The second kappa shape index (κ2) is 7.40. The summed E-state index contributed by atoms with van der Waals surface area (Å²) < 4.78 is 5.20. The SMILES string of the molecule is CCOCCC(=O)N1C[C@@H](C(=O)O)[C@H](c2ccccc2C)C1. The first-order valence-corrected chi connectivity index (χ1v) is 7.68. The zero-order valence-corrected chi connectivity index (χ0v) is 13.1. The molecule has 1 aliphatic heterocycles. The number of aryl methyl sites for hydroxylation is 1. The molecule has 1 aromatic rings. The number of carbonyl (C=O) groups is 2. The van der Waals surface area contributed by atoms with Crippen LogP contribution in [0.1, 0.15) is 30.4 Å². The molecule has 1 amide bonds. The summed E-state index contributed by atoms with van der Waals surface area (Å²) in [7, 11) is 0. The van der Waals surface area contributed by atoms with E-state index >= 15 is 0 Å². The van der Waals surface area contributed by atoms with Crippen LogP contribution in [0.25, 0.3) is 0 Å². The van der Waals surface area contributed by atoms with Gasteiger partial charge in [0.05, 0.1) is 18.9 Å². The van der Waals surface area contributed by atoms with E-state index in [0.717, 1.165) is 11.1 Å². The maximum Gasteiger partial charge on any atom is 0.308 e. The fourth-order valence-electron chi connectivity index (χ4n) is 3.04. The largest absolute Gasteiger partial charge is 0.481 e. The fourth-order valence-corrected chi connectivity index (χ4v) is 3.04. The van der Waals surface area contributed by atoms with Gasteiger partial charge in [-0.25, -0.2) is 0 Å². The molecule has 0 aromatic heterocycles. The van der Waals surface area contributed by atoms with E-state index in [1.54, 1.807) is 4.90 Å². The smallest absolute Gasteiger partial charge is 0.308 e. The van der Waals surface area contributed by atoms with Crippen molar-refractivity contribution in [2.24, 2.45) is 5.92 Å². The Labute approximate surface area is 130 Å². The lowest BCUT2D eigenvalue weighted by atomic mass is 9.86. The van der Waals surface area contributed by atoms with Crippen molar-refractivity contribution in [3.63, 3.8) is 0 Å². The summed E-state index contributed by atoms with van der Waals surface area (Å²) in [6.07, 6.45) is 0.306. The highest BCUT2D eigenvalue weighted by molar-refractivity contribution is 5.79. The van der Waals surface area contributed by atoms with Crippen molar-refractivity contribution in [1.29, 1.82) is 0 Å². The van der Waals surface area contributed by atoms with Crippen molar-refractivity contribution in [2.45, 2.75) is 26.2 Å². The molecule has 0 radical (unpaired) electrons. The molecule has 0 aliphatic carbocycles. The molecule has 5 heteroatoms. The predicted molar refractivity (Wildman–Crippen MR) is 82.7 cm³/mol. The van der Waals surface area contributed by atoms with E-state index in [9.17, 15) is 14.7 Å². The molecule has 5 nitrogen and oxygen atoms in total. The van der Waals surface area contributed by atoms with Crippen LogP contribution in [0.3, 0.4) is 0 Å². The minimum atomic E-state index is -0.839. The highest BCUT2D eigenvalue weighted by Gasteiger charge is 2.40. The number of carbonyl (C=O) groups excluding carboxylic acids is 1. The Kier molecular flexibility index (Phi) is 5.55. The summed E-state index contributed by atoms with van der Waals surface area (Å²) in [6.45, 7) is 5.57. The Morgan fingerprint density at radius 1 is 1.32 bits per heavy atom. The van der Waals surface area contributed by atoms with Crippen LogP contribution >= 0.6 is 0 Å². The molecule has 1 aliphatic rings. The monoisotopic (exact) mass is 305 g/mol. The van der Waals surface area contributed by atoms with E-state index in [4.69, 9.17) is 4.74 Å². The average molecular weight is 305 g/mol. The number of hydrogen-bond acceptors (Lipinski definition) is 3. The molecule has 1 N–H and O–H groups in total. The third kappa shape index (κ3) is 3.65. The summed E-state index contributed by atoms with van der Waals surface area (Å²) in [5, 5.41) is 9.49. The van der Waals surface area contributed by atoms with Crippen LogP contribution in [0.2, 0.25) is 0 Å². The quantitative estimate of drug-likeness (QED) is 0.817. The highest BCUT2D eigenvalue weighted by atomic mass is 16.5. The Balaban J connectivity index is 2.12. The Hall–Kier alpha value is -1.88. The molecule has 0 unspecified atom stereocenters. The normalized spacial score (nSPS) is 21.1. The lowest BCUT2D eigenvalue weighted by Crippen LogP contribution is -2.30. The predicted octanol–water partition coefficient (Wildman–Crippen LogP) is 2.05. The van der Waals surface area contributed by atoms with Gasteiger partial charge >= 0.3 is 5.97 Å². The average Bonchev–Trinajstić information content (AvgIpc) is 2.93. The summed E-state index contributed by atoms with van der Waals surface area (Å²) in [5.41, 5.74) is 2.09. The molecule has 120 valence electrons. The molecular formula is C17H23NO4. The van der Waals surface area contributed by atoms with Crippen LogP contribution in [0.4, 0.5) is 0 Å². The van der Waals surface area contributed by atoms with Crippen molar-refractivity contribution in [2.75, 3.05) is 26.3 Å². The van der Waals surface area contributed by atoms with Crippen molar-refractivity contribution in [1.82, 2.24) is 4.90 Å². The van der Waals surface area contributed by atoms with Crippen molar-refractivity contribution >= 4 is 11.9 Å². The molecule has 1 fully saturated rings. The Morgan fingerprint density at radius 3 is 2.68 bits per heavy atom. The number of nitrogens with zero attached hydrogens (tertiary/aromatic N) is 1. The van der Waals surface area contributed by atoms with E-state index in [2.05, 4.69) is 0 Å². The van der Waals surface area contributed by atoms with Gasteiger partial charge in [-0.3, -0.25) is 9.59 Å². The first-order valence-electron chi connectivity index (χ1n) is 7.68. The number of aliphatic carboxylic acids is 1. The van der Waals surface area contributed by atoms with Gasteiger partial charge in [0.2, 0.25) is 5.91 Å². The summed E-state index contributed by atoms with van der Waals surface area (Å²) in [4.78, 5) is 25.4. The zero-order chi connectivity index (χ0) is 16.1. The Morgan fingerprint density at radius 2 is 2.05 bits per heavy atom. The number of rotatable bonds is 6. The van der Waals surface area contributed by atoms with Crippen molar-refractivity contribution in [3.05, 3.63) is 35.4 Å². The second-order valence-electron chi connectivity index (χ2n) is 5.65. The van der Waals surface area contributed by atoms with E-state index in [0.29, 0.717) is 26.2 Å². The van der Waals surface area contributed by atoms with Gasteiger partial charge in [-0.1, -0.05) is 24.3 Å². The van der Waals surface area contributed by atoms with E-state index in [1.165, 1.54) is 0 Å². The topological polar surface area (TPSA) is 66.8 Å². The molecular weight excluding hydrogens is 282 g/mol. The van der Waals surface area contributed by atoms with Crippen LogP contribution < -0.4 is 0 Å². The first-order chi connectivity index (χ1) is 10.5. The number of hydrogen-bond donors (Lipinski definition) is 1. The van der Waals surface area contributed by atoms with Crippen molar-refractivity contribution < 1.29 is 19.4 Å². The standard InChI is InChI=1S/C17H23NO4/c1-3-22-9-8-16(19)18-10-14(15(11-18)17(20)21)13-7-5-4-6-12(13)2/h4-7,14-15H,3,8-11H2,1-2H3,(H,20,21)/t14-,15+/m0/s1. The minimum Gasteiger partial charge on any atom is -0.481 e. The maximum absolute atomic E-state index is 12.2. The third-order valence-corrected chi connectivity index (χ3v) is 4.24. The molecule has 0 bridgehead atoms. The van der Waals surface area contributed by atoms with E-state index in [1.807, 2.05) is 38.1 Å². The number of likely N-dealkylation sites (tertiary alicyclic amines) is 1. The molecule has 1 aromatic carbocycles. The highest BCUT2D eigenvalue weighted by Crippen LogP contribution is 2.34. The second-order valence-corrected chi connectivity index (χ2v) is 5.65. The zero-order valence-electron chi connectivity index (χ0n) is 13.1. The van der Waals surface area contributed by atoms with E-state index < -0.39 is 11.9 Å². The van der Waals surface area contributed by atoms with Crippen LogP contribution in [0, 0.1) is 12.8 Å². The van der Waals surface area contributed by atoms with Gasteiger partial charge in [0.1, 0.15) is 0 Å². The van der Waals surface area contributed by atoms with Gasteiger partial charge in [-0.15, -0.1) is 0 Å². The molecule has 0 spiro atoms.